The van der Waals surface area contributed by atoms with Crippen molar-refractivity contribution in [3.05, 3.63) is 53.3 Å². The zero-order chi connectivity index (χ0) is 15.6. The molecule has 8 heteroatoms. The van der Waals surface area contributed by atoms with Crippen molar-refractivity contribution in [2.24, 2.45) is 10.7 Å². The lowest BCUT2D eigenvalue weighted by Gasteiger charge is -2.26. The third-order valence-corrected chi connectivity index (χ3v) is 4.61. The molecule has 1 aliphatic rings. The van der Waals surface area contributed by atoms with E-state index in [9.17, 15) is 0 Å². The van der Waals surface area contributed by atoms with Crippen molar-refractivity contribution < 1.29 is 4.74 Å². The van der Waals surface area contributed by atoms with Crippen molar-refractivity contribution >= 4 is 46.2 Å². The molecule has 1 unspecified atom stereocenters. The highest BCUT2D eigenvalue weighted by molar-refractivity contribution is 14.0. The fourth-order valence-corrected chi connectivity index (χ4v) is 3.45. The van der Waals surface area contributed by atoms with Crippen molar-refractivity contribution in [3.63, 3.8) is 0 Å². The van der Waals surface area contributed by atoms with E-state index in [1.807, 2.05) is 40.4 Å². The summed E-state index contributed by atoms with van der Waals surface area (Å²) in [6, 6.07) is 8.16. The number of rotatable bonds is 3. The molecule has 0 fully saturated rings. The summed E-state index contributed by atoms with van der Waals surface area (Å²) in [7, 11) is 0. The number of nitrogens with two attached hydrogens (primary N) is 1. The minimum absolute atomic E-state index is 0. The van der Waals surface area contributed by atoms with Crippen LogP contribution in [0.4, 0.5) is 0 Å². The number of imidazole rings is 1. The van der Waals surface area contributed by atoms with Gasteiger partial charge in [-0.25, -0.2) is 9.98 Å². The molecule has 3 N–H and O–H groups in total. The third kappa shape index (κ3) is 3.48. The summed E-state index contributed by atoms with van der Waals surface area (Å²) in [5.41, 5.74) is 8.08. The van der Waals surface area contributed by atoms with Gasteiger partial charge in [0.2, 0.25) is 0 Å². The normalized spacial score (nSPS) is 17.0. The monoisotopic (exact) mass is 455 g/mol. The van der Waals surface area contributed by atoms with E-state index in [-0.39, 0.29) is 30.0 Å². The van der Waals surface area contributed by atoms with Gasteiger partial charge in [-0.05, 0) is 6.07 Å². The second-order valence-corrected chi connectivity index (χ2v) is 6.27. The number of aromatic nitrogens is 2. The largest absolute Gasteiger partial charge is 0.493 e. The number of hydrogen-bond donors (Lipinski definition) is 2. The van der Waals surface area contributed by atoms with E-state index in [4.69, 9.17) is 10.5 Å². The van der Waals surface area contributed by atoms with Crippen molar-refractivity contribution in [3.8, 4) is 5.75 Å². The van der Waals surface area contributed by atoms with Crippen molar-refractivity contribution in [2.75, 3.05) is 6.61 Å². The maximum atomic E-state index is 6.05. The topological polar surface area (TPSA) is 76.9 Å². The maximum absolute atomic E-state index is 6.05. The van der Waals surface area contributed by atoms with Gasteiger partial charge in [-0.1, -0.05) is 18.2 Å². The smallest absolute Gasteiger partial charge is 0.193 e. The van der Waals surface area contributed by atoms with Crippen LogP contribution >= 0.6 is 35.3 Å². The van der Waals surface area contributed by atoms with E-state index in [2.05, 4.69) is 21.4 Å². The molecule has 1 aliphatic heterocycles. The first-order chi connectivity index (χ1) is 11.3. The Morgan fingerprint density at radius 2 is 2.33 bits per heavy atom. The molecule has 0 saturated heterocycles. The van der Waals surface area contributed by atoms with E-state index in [1.165, 1.54) is 0 Å². The number of thiazole rings is 1. The Labute approximate surface area is 160 Å². The van der Waals surface area contributed by atoms with Crippen LogP contribution in [0.15, 0.2) is 47.0 Å². The number of aliphatic imine (C=N–C) groups is 1. The summed E-state index contributed by atoms with van der Waals surface area (Å²) in [5, 5.41) is 5.30. The molecule has 0 aliphatic carbocycles. The molecule has 0 saturated carbocycles. The first kappa shape index (κ1) is 17.0. The Hall–Kier alpha value is -1.81. The van der Waals surface area contributed by atoms with Gasteiger partial charge in [0.15, 0.2) is 10.9 Å². The number of halogens is 1. The number of hydrogen-bond acceptors (Lipinski definition) is 4. The molecule has 0 amide bonds. The second kappa shape index (κ2) is 7.39. The first-order valence-corrected chi connectivity index (χ1v) is 8.37. The van der Waals surface area contributed by atoms with Crippen molar-refractivity contribution in [1.29, 1.82) is 0 Å². The molecule has 3 aromatic rings. The fourth-order valence-electron chi connectivity index (χ4n) is 2.73. The molecule has 2 aromatic heterocycles. The first-order valence-electron chi connectivity index (χ1n) is 7.49. The summed E-state index contributed by atoms with van der Waals surface area (Å²) >= 11 is 1.61. The Kier molecular flexibility index (Phi) is 5.24. The van der Waals surface area contributed by atoms with Crippen LogP contribution in [0.1, 0.15) is 23.7 Å². The SMILES string of the molecule is I.NC(=NCc1cn2ccsc2n1)NC1CCOc2ccccc21. The van der Waals surface area contributed by atoms with Gasteiger partial charge in [0.05, 0.1) is 24.9 Å². The Morgan fingerprint density at radius 1 is 1.46 bits per heavy atom. The van der Waals surface area contributed by atoms with Crippen LogP contribution in [0.5, 0.6) is 5.75 Å². The summed E-state index contributed by atoms with van der Waals surface area (Å²) in [5.74, 6) is 1.35. The number of para-hydroxylation sites is 1. The van der Waals surface area contributed by atoms with Crippen LogP contribution < -0.4 is 15.8 Å². The summed E-state index contributed by atoms with van der Waals surface area (Å²) in [6.45, 7) is 1.15. The minimum atomic E-state index is 0. The van der Waals surface area contributed by atoms with Crippen molar-refractivity contribution in [1.82, 2.24) is 14.7 Å². The van der Waals surface area contributed by atoms with Gasteiger partial charge in [-0.2, -0.15) is 0 Å². The molecule has 1 atom stereocenters. The number of nitrogens with one attached hydrogen (secondary N) is 1. The highest BCUT2D eigenvalue weighted by atomic mass is 127. The zero-order valence-corrected chi connectivity index (χ0v) is 16.0. The molecular formula is C16H18IN5OS. The van der Waals surface area contributed by atoms with Crippen molar-refractivity contribution in [2.45, 2.75) is 19.0 Å². The van der Waals surface area contributed by atoms with Gasteiger partial charge in [0.25, 0.3) is 0 Å². The van der Waals surface area contributed by atoms with Gasteiger partial charge >= 0.3 is 0 Å². The molecule has 0 radical (unpaired) electrons. The molecule has 126 valence electrons. The van der Waals surface area contributed by atoms with Gasteiger partial charge in [-0.15, -0.1) is 35.3 Å². The predicted octanol–water partition coefficient (Wildman–Crippen LogP) is 2.94. The molecule has 3 heterocycles. The predicted molar refractivity (Wildman–Crippen MR) is 106 cm³/mol. The third-order valence-electron chi connectivity index (χ3n) is 3.84. The van der Waals surface area contributed by atoms with Crippen LogP contribution in [0.2, 0.25) is 0 Å². The molecule has 4 rings (SSSR count). The number of ether oxygens (including phenoxy) is 1. The summed E-state index contributed by atoms with van der Waals surface area (Å²) in [4.78, 5) is 9.88. The number of fused-ring (bicyclic) bond motifs is 2. The highest BCUT2D eigenvalue weighted by Gasteiger charge is 2.21. The van der Waals surface area contributed by atoms with Crippen LogP contribution in [0, 0.1) is 0 Å². The number of guanidine groups is 1. The Morgan fingerprint density at radius 3 is 3.21 bits per heavy atom. The molecule has 0 bridgehead atoms. The highest BCUT2D eigenvalue weighted by Crippen LogP contribution is 2.31. The molecule has 6 nitrogen and oxygen atoms in total. The van der Waals surface area contributed by atoms with Gasteiger partial charge in [0.1, 0.15) is 5.75 Å². The molecule has 0 spiro atoms. The lowest BCUT2D eigenvalue weighted by atomic mass is 10.0. The quantitative estimate of drug-likeness (QED) is 0.362. The summed E-state index contributed by atoms with van der Waals surface area (Å²) < 4.78 is 7.65. The van der Waals surface area contributed by atoms with Crippen LogP contribution in [0.3, 0.4) is 0 Å². The minimum Gasteiger partial charge on any atom is -0.493 e. The van der Waals surface area contributed by atoms with Gasteiger partial charge in [0, 0.05) is 29.8 Å². The van der Waals surface area contributed by atoms with E-state index in [0.29, 0.717) is 19.1 Å². The second-order valence-electron chi connectivity index (χ2n) is 5.40. The average Bonchev–Trinajstić information content (AvgIpc) is 3.15. The van der Waals surface area contributed by atoms with Gasteiger partial charge < -0.3 is 15.8 Å². The van der Waals surface area contributed by atoms with Gasteiger partial charge in [-0.3, -0.25) is 4.40 Å². The lowest BCUT2D eigenvalue weighted by Crippen LogP contribution is -2.37. The van der Waals surface area contributed by atoms with E-state index in [0.717, 1.165) is 28.4 Å². The number of benzene rings is 1. The van der Waals surface area contributed by atoms with E-state index >= 15 is 0 Å². The maximum Gasteiger partial charge on any atom is 0.193 e. The Bertz CT molecular complexity index is 830. The van der Waals surface area contributed by atoms with Crippen LogP contribution in [0.25, 0.3) is 4.96 Å². The molecule has 1 aromatic carbocycles. The van der Waals surface area contributed by atoms with Crippen LogP contribution in [-0.2, 0) is 6.54 Å². The average molecular weight is 455 g/mol. The molecule has 24 heavy (non-hydrogen) atoms. The lowest BCUT2D eigenvalue weighted by molar-refractivity contribution is 0.262. The Balaban J connectivity index is 0.00000169. The van der Waals surface area contributed by atoms with E-state index < -0.39 is 0 Å². The zero-order valence-electron chi connectivity index (χ0n) is 12.9. The fraction of sp³-hybridized carbons (Fsp3) is 0.250. The summed E-state index contributed by atoms with van der Waals surface area (Å²) in [6.07, 6.45) is 4.83. The number of nitrogens with zero attached hydrogens (tertiary/aromatic N) is 3. The molecular weight excluding hydrogens is 437 g/mol. The van der Waals surface area contributed by atoms with E-state index in [1.54, 1.807) is 11.3 Å². The standard InChI is InChI=1S/C16H17N5OS.HI/c17-15(18-9-11-10-21-6-8-23-16(21)19-11)20-13-5-7-22-14-4-2-1-3-12(13)14;/h1-4,6,8,10,13H,5,7,9H2,(H3,17,18,20);1H. The van der Waals surface area contributed by atoms with Crippen LogP contribution in [-0.4, -0.2) is 22.0 Å².